The molecule has 2 N–H and O–H groups in total. The molecule has 2 atom stereocenters. The van der Waals surface area contributed by atoms with Crippen molar-refractivity contribution in [1.29, 1.82) is 0 Å². The Morgan fingerprint density at radius 2 is 1.67 bits per heavy atom. The summed E-state index contributed by atoms with van der Waals surface area (Å²) in [6, 6.07) is 8.89. The van der Waals surface area contributed by atoms with E-state index in [-0.39, 0.29) is 5.97 Å². The van der Waals surface area contributed by atoms with Crippen molar-refractivity contribution in [2.24, 2.45) is 5.41 Å². The third-order valence-corrected chi connectivity index (χ3v) is 4.92. The number of carbonyl (C=O) groups excluding carboxylic acids is 1. The molecule has 114 valence electrons. The number of aliphatic hydroxyl groups is 2. The lowest BCUT2D eigenvalue weighted by atomic mass is 9.74. The van der Waals surface area contributed by atoms with Crippen LogP contribution in [0, 0.1) is 5.41 Å². The highest BCUT2D eigenvalue weighted by Crippen LogP contribution is 2.46. The van der Waals surface area contributed by atoms with Crippen molar-refractivity contribution in [3.63, 3.8) is 0 Å². The molecule has 1 spiro atoms. The van der Waals surface area contributed by atoms with Gasteiger partial charge in [0.15, 0.2) is 0 Å². The molecule has 0 amide bonds. The van der Waals surface area contributed by atoms with Crippen LogP contribution in [0.2, 0.25) is 0 Å². The standard InChI is InChI=1S/C16H21NO4/c18-13-6-7-14(19)16(13)8-10-17(11-9-16)21-15(20)12-4-2-1-3-5-12/h1-5,13-14,18-19H,6-11H2. The second-order valence-corrected chi connectivity index (χ2v) is 6.02. The SMILES string of the molecule is O=C(ON1CCC2(CC1)C(O)CCC2O)c1ccccc1. The van der Waals surface area contributed by atoms with E-state index in [1.54, 1.807) is 29.3 Å². The number of hydrogen-bond donors (Lipinski definition) is 2. The maximum atomic E-state index is 12.0. The van der Waals surface area contributed by atoms with Crippen LogP contribution in [0.1, 0.15) is 36.0 Å². The molecule has 1 heterocycles. The topological polar surface area (TPSA) is 70.0 Å². The molecule has 2 unspecified atom stereocenters. The minimum atomic E-state index is -0.445. The smallest absolute Gasteiger partial charge is 0.357 e. The van der Waals surface area contributed by atoms with E-state index in [1.807, 2.05) is 6.07 Å². The Morgan fingerprint density at radius 3 is 2.24 bits per heavy atom. The Morgan fingerprint density at radius 1 is 1.10 bits per heavy atom. The second-order valence-electron chi connectivity index (χ2n) is 6.02. The molecule has 0 bridgehead atoms. The molecule has 1 aliphatic heterocycles. The number of piperidine rings is 1. The van der Waals surface area contributed by atoms with E-state index < -0.39 is 17.6 Å². The number of benzene rings is 1. The summed E-state index contributed by atoms with van der Waals surface area (Å²) in [5.74, 6) is -0.362. The van der Waals surface area contributed by atoms with E-state index in [9.17, 15) is 15.0 Å². The Labute approximate surface area is 124 Å². The monoisotopic (exact) mass is 291 g/mol. The van der Waals surface area contributed by atoms with Gasteiger partial charge >= 0.3 is 5.97 Å². The zero-order valence-electron chi connectivity index (χ0n) is 11.9. The first kappa shape index (κ1) is 14.5. The van der Waals surface area contributed by atoms with Gasteiger partial charge in [-0.2, -0.15) is 0 Å². The van der Waals surface area contributed by atoms with Crippen LogP contribution in [-0.2, 0) is 4.84 Å². The van der Waals surface area contributed by atoms with Gasteiger partial charge in [0.05, 0.1) is 17.8 Å². The van der Waals surface area contributed by atoms with E-state index in [2.05, 4.69) is 0 Å². The van der Waals surface area contributed by atoms with Gasteiger partial charge in [-0.1, -0.05) is 18.2 Å². The van der Waals surface area contributed by atoms with Crippen molar-refractivity contribution >= 4 is 5.97 Å². The minimum absolute atomic E-state index is 0.362. The maximum absolute atomic E-state index is 12.0. The number of carbonyl (C=O) groups is 1. The van der Waals surface area contributed by atoms with Gasteiger partial charge in [-0.25, -0.2) is 4.79 Å². The molecule has 5 heteroatoms. The number of rotatable bonds is 2. The fraction of sp³-hybridized carbons (Fsp3) is 0.562. The zero-order valence-corrected chi connectivity index (χ0v) is 11.9. The molecule has 3 rings (SSSR count). The number of nitrogens with zero attached hydrogens (tertiary/aromatic N) is 1. The van der Waals surface area contributed by atoms with E-state index in [0.717, 1.165) is 0 Å². The summed E-state index contributed by atoms with van der Waals surface area (Å²) < 4.78 is 0. The molecule has 21 heavy (non-hydrogen) atoms. The molecular formula is C16H21NO4. The van der Waals surface area contributed by atoms with Gasteiger partial charge in [0.1, 0.15) is 0 Å². The lowest BCUT2D eigenvalue weighted by Crippen LogP contribution is -2.49. The molecule has 5 nitrogen and oxygen atoms in total. The van der Waals surface area contributed by atoms with Gasteiger partial charge in [0, 0.05) is 18.5 Å². The predicted molar refractivity (Wildman–Crippen MR) is 76.3 cm³/mol. The van der Waals surface area contributed by atoms with Gasteiger partial charge in [0.2, 0.25) is 0 Å². The highest BCUT2D eigenvalue weighted by atomic mass is 16.7. The number of hydrogen-bond acceptors (Lipinski definition) is 5. The average Bonchev–Trinajstić information content (AvgIpc) is 2.79. The van der Waals surface area contributed by atoms with Crippen molar-refractivity contribution in [2.45, 2.75) is 37.9 Å². The first-order valence-corrected chi connectivity index (χ1v) is 7.50. The van der Waals surface area contributed by atoms with Gasteiger partial charge in [-0.3, -0.25) is 0 Å². The largest absolute Gasteiger partial charge is 0.392 e. The molecule has 0 aromatic heterocycles. The van der Waals surface area contributed by atoms with Crippen LogP contribution >= 0.6 is 0 Å². The Kier molecular flexibility index (Phi) is 3.97. The summed E-state index contributed by atoms with van der Waals surface area (Å²) in [6.07, 6.45) is 1.73. The normalized spacial score (nSPS) is 28.7. The lowest BCUT2D eigenvalue weighted by Gasteiger charge is -2.42. The van der Waals surface area contributed by atoms with E-state index in [4.69, 9.17) is 4.84 Å². The van der Waals surface area contributed by atoms with Gasteiger partial charge in [-0.05, 0) is 37.8 Å². The molecule has 2 aliphatic rings. The molecule has 2 fully saturated rings. The van der Waals surface area contributed by atoms with Crippen LogP contribution in [0.3, 0.4) is 0 Å². The average molecular weight is 291 g/mol. The zero-order chi connectivity index (χ0) is 14.9. The summed E-state index contributed by atoms with van der Waals surface area (Å²) in [7, 11) is 0. The number of aliphatic hydroxyl groups excluding tert-OH is 2. The molecule has 0 radical (unpaired) electrons. The van der Waals surface area contributed by atoms with Gasteiger partial charge in [-0.15, -0.1) is 5.06 Å². The molecule has 1 aliphatic carbocycles. The van der Waals surface area contributed by atoms with Crippen molar-refractivity contribution in [1.82, 2.24) is 5.06 Å². The quantitative estimate of drug-likeness (QED) is 0.861. The highest BCUT2D eigenvalue weighted by Gasteiger charge is 2.50. The van der Waals surface area contributed by atoms with Crippen LogP contribution in [0.15, 0.2) is 30.3 Å². The van der Waals surface area contributed by atoms with E-state index >= 15 is 0 Å². The third-order valence-electron chi connectivity index (χ3n) is 4.92. The first-order chi connectivity index (χ1) is 10.1. The fourth-order valence-electron chi connectivity index (χ4n) is 3.52. The van der Waals surface area contributed by atoms with Crippen LogP contribution in [0.4, 0.5) is 0 Å². The summed E-state index contributed by atoms with van der Waals surface area (Å²) in [5.41, 5.74) is 0.120. The summed E-state index contributed by atoms with van der Waals surface area (Å²) in [5, 5.41) is 21.9. The maximum Gasteiger partial charge on any atom is 0.357 e. The van der Waals surface area contributed by atoms with Crippen molar-refractivity contribution < 1.29 is 19.8 Å². The third kappa shape index (κ3) is 2.69. The van der Waals surface area contributed by atoms with Crippen molar-refractivity contribution in [2.75, 3.05) is 13.1 Å². The molecule has 1 saturated heterocycles. The summed E-state index contributed by atoms with van der Waals surface area (Å²) in [4.78, 5) is 17.4. The van der Waals surface area contributed by atoms with Crippen LogP contribution in [-0.4, -0.2) is 46.5 Å². The highest BCUT2D eigenvalue weighted by molar-refractivity contribution is 5.89. The molecule has 1 aromatic rings. The minimum Gasteiger partial charge on any atom is -0.392 e. The summed E-state index contributed by atoms with van der Waals surface area (Å²) in [6.45, 7) is 1.10. The fourth-order valence-corrected chi connectivity index (χ4v) is 3.52. The van der Waals surface area contributed by atoms with Crippen LogP contribution < -0.4 is 0 Å². The second kappa shape index (κ2) is 5.75. The van der Waals surface area contributed by atoms with E-state index in [1.165, 1.54) is 0 Å². The Bertz CT molecular complexity index is 484. The first-order valence-electron chi connectivity index (χ1n) is 7.50. The Hall–Kier alpha value is -1.43. The summed E-state index contributed by atoms with van der Waals surface area (Å²) >= 11 is 0. The van der Waals surface area contributed by atoms with Crippen molar-refractivity contribution in [3.05, 3.63) is 35.9 Å². The predicted octanol–water partition coefficient (Wildman–Crippen LogP) is 1.36. The Balaban J connectivity index is 1.58. The van der Waals surface area contributed by atoms with Crippen LogP contribution in [0.25, 0.3) is 0 Å². The van der Waals surface area contributed by atoms with E-state index in [0.29, 0.717) is 44.3 Å². The van der Waals surface area contributed by atoms with Gasteiger partial charge < -0.3 is 15.1 Å². The molecular weight excluding hydrogens is 270 g/mol. The number of hydroxylamine groups is 2. The van der Waals surface area contributed by atoms with Crippen molar-refractivity contribution in [3.8, 4) is 0 Å². The molecule has 1 saturated carbocycles. The van der Waals surface area contributed by atoms with Crippen LogP contribution in [0.5, 0.6) is 0 Å². The van der Waals surface area contributed by atoms with Gasteiger partial charge in [0.25, 0.3) is 0 Å². The molecule has 1 aromatic carbocycles. The lowest BCUT2D eigenvalue weighted by molar-refractivity contribution is -0.161.